The third kappa shape index (κ3) is 12.9. The third-order valence-corrected chi connectivity index (χ3v) is 13.7. The molecule has 1 N–H and O–H groups in total. The summed E-state index contributed by atoms with van der Waals surface area (Å²) in [6.07, 6.45) is -8.20. The highest BCUT2D eigenvalue weighted by atomic mass is 16.7. The number of esters is 3. The fourth-order valence-electron chi connectivity index (χ4n) is 10.3. The zero-order chi connectivity index (χ0) is 48.9. The number of fused-ring (bicyclic) bond motifs is 5. The second-order valence-electron chi connectivity index (χ2n) is 19.6. The number of oxime groups is 1. The molecule has 0 spiro atoms. The van der Waals surface area contributed by atoms with Crippen molar-refractivity contribution < 1.29 is 76.5 Å². The van der Waals surface area contributed by atoms with Gasteiger partial charge < -0.3 is 62.2 Å². The van der Waals surface area contributed by atoms with E-state index in [2.05, 4.69) is 11.7 Å². The van der Waals surface area contributed by atoms with Crippen LogP contribution >= 0.6 is 0 Å². The Hall–Kier alpha value is -3.07. The van der Waals surface area contributed by atoms with Crippen LogP contribution in [0.2, 0.25) is 0 Å². The van der Waals surface area contributed by atoms with Gasteiger partial charge in [0.2, 0.25) is 0 Å². The minimum Gasteiger partial charge on any atom is -0.459 e. The average Bonchev–Trinajstić information content (AvgIpc) is 3.22. The maximum atomic E-state index is 14.8. The van der Waals surface area contributed by atoms with E-state index < -0.39 is 120 Å². The standard InChI is InChI=1S/C47H78N2O16/c1-18-35-47(14,54)41-27(5)37(48-65-33(11)52)25(3)20-46(13,57-23-24(2)22-56-41)40(64-44-39(60-31(9)50)34(49(15)16)19-26(4)58-44)28(6)38(29(7)43(53)62-35)63-36-21-45(12,55-17)42(30(8)59-36)61-32(10)51/h25-30,34-36,38-42,44,54H,2,18-23H2,1,3-17H3/b48-37+/t25-,26-,27+,28+,29-,30+,34+,35-,36?,38+,39-,40-,41-,42+,44+,45-,46-,47-/m1/s1. The van der Waals surface area contributed by atoms with Crippen LogP contribution < -0.4 is 0 Å². The Kier molecular flexibility index (Phi) is 18.8. The molecule has 4 rings (SSSR count). The second-order valence-corrected chi connectivity index (χ2v) is 19.6. The molecular formula is C47H78N2O16. The highest BCUT2D eigenvalue weighted by molar-refractivity contribution is 5.89. The summed E-state index contributed by atoms with van der Waals surface area (Å²) in [5.41, 5.74) is -3.33. The van der Waals surface area contributed by atoms with E-state index in [0.717, 1.165) is 0 Å². The van der Waals surface area contributed by atoms with Crippen molar-refractivity contribution in [3.8, 4) is 0 Å². The van der Waals surface area contributed by atoms with E-state index in [0.29, 0.717) is 17.7 Å². The Labute approximate surface area is 385 Å². The number of aliphatic hydroxyl groups is 1. The summed E-state index contributed by atoms with van der Waals surface area (Å²) in [7, 11) is 5.31. The van der Waals surface area contributed by atoms with Crippen LogP contribution in [0.25, 0.3) is 0 Å². The molecule has 18 nitrogen and oxygen atoms in total. The first-order chi connectivity index (χ1) is 30.2. The van der Waals surface area contributed by atoms with Crippen LogP contribution in [0.15, 0.2) is 17.3 Å². The molecule has 18 heteroatoms. The van der Waals surface area contributed by atoms with Crippen LogP contribution in [0.4, 0.5) is 0 Å². The number of ether oxygens (including phenoxy) is 10. The summed E-state index contributed by atoms with van der Waals surface area (Å²) in [4.78, 5) is 59.4. The fraction of sp³-hybridized carbons (Fsp3) is 0.851. The Morgan fingerprint density at radius 1 is 0.877 bits per heavy atom. The first-order valence-electron chi connectivity index (χ1n) is 23.0. The number of carbonyl (C=O) groups excluding carboxylic acids is 4. The van der Waals surface area contributed by atoms with E-state index in [1.165, 1.54) is 27.9 Å². The SMILES string of the molecule is C=C1CO[C@@H]2[C@@H](C)/C(=N/OC(C)=O)[C@H](C)C[C@@](C)(OC1)[C@H](O[C@@H]1O[C@H](C)C[C@H](N(C)C)[C@H]1OC(C)=O)[C@@H](C)[C@H](OC1C[C@@](C)(OC)[C@@H](OC(C)=O)[C@H](C)O1)[C@@H](C)C(=O)O[C@H](CC)[C@@]2(C)O. The molecule has 4 fully saturated rings. The smallest absolute Gasteiger partial charge is 0.331 e. The van der Waals surface area contributed by atoms with Gasteiger partial charge in [0.25, 0.3) is 0 Å². The van der Waals surface area contributed by atoms with Gasteiger partial charge >= 0.3 is 23.9 Å². The summed E-state index contributed by atoms with van der Waals surface area (Å²) in [6, 6.07) is -0.312. The highest BCUT2D eigenvalue weighted by Gasteiger charge is 2.56. The van der Waals surface area contributed by atoms with Gasteiger partial charge in [-0.3, -0.25) is 14.4 Å². The van der Waals surface area contributed by atoms with E-state index in [-0.39, 0.29) is 44.6 Å². The van der Waals surface area contributed by atoms with Gasteiger partial charge in [-0.25, -0.2) is 4.79 Å². The van der Waals surface area contributed by atoms with Crippen LogP contribution in [0, 0.1) is 23.7 Å². The molecule has 0 amide bonds. The molecule has 4 aliphatic heterocycles. The summed E-state index contributed by atoms with van der Waals surface area (Å²) < 4.78 is 64.8. The summed E-state index contributed by atoms with van der Waals surface area (Å²) in [5.74, 6) is -5.49. The van der Waals surface area contributed by atoms with Crippen LogP contribution in [0.5, 0.6) is 0 Å². The van der Waals surface area contributed by atoms with Gasteiger partial charge in [0.1, 0.15) is 17.3 Å². The van der Waals surface area contributed by atoms with Crippen molar-refractivity contribution in [2.24, 2.45) is 28.8 Å². The first-order valence-corrected chi connectivity index (χ1v) is 23.0. The maximum Gasteiger partial charge on any atom is 0.331 e. The molecule has 0 aromatic heterocycles. The summed E-state index contributed by atoms with van der Waals surface area (Å²) in [5, 5.41) is 17.0. The van der Waals surface area contributed by atoms with Crippen molar-refractivity contribution in [3.63, 3.8) is 0 Å². The number of hydrogen-bond acceptors (Lipinski definition) is 18. The third-order valence-electron chi connectivity index (χ3n) is 13.7. The fourth-order valence-corrected chi connectivity index (χ4v) is 10.3. The predicted molar refractivity (Wildman–Crippen MR) is 236 cm³/mol. The Morgan fingerprint density at radius 2 is 1.52 bits per heavy atom. The number of methoxy groups -OCH3 is 1. The van der Waals surface area contributed by atoms with Crippen molar-refractivity contribution in [1.29, 1.82) is 0 Å². The number of carbonyl (C=O) groups is 4. The molecule has 1 unspecified atom stereocenters. The first kappa shape index (κ1) is 54.5. The average molecular weight is 927 g/mol. The molecular weight excluding hydrogens is 849 g/mol. The lowest BCUT2D eigenvalue weighted by Crippen LogP contribution is -2.62. The van der Waals surface area contributed by atoms with E-state index in [9.17, 15) is 24.3 Å². The Bertz CT molecular complexity index is 1710. The molecule has 0 aromatic carbocycles. The Morgan fingerprint density at radius 3 is 2.09 bits per heavy atom. The molecule has 18 atom stereocenters. The molecule has 0 aromatic rings. The zero-order valence-electron chi connectivity index (χ0n) is 41.6. The maximum absolute atomic E-state index is 14.8. The van der Waals surface area contributed by atoms with Gasteiger partial charge in [0.05, 0.1) is 67.0 Å². The normalized spacial score (nSPS) is 43.1. The minimum atomic E-state index is -1.83. The number of likely N-dealkylation sites (N-methyl/N-ethyl adjacent to an activating group) is 1. The highest BCUT2D eigenvalue weighted by Crippen LogP contribution is 2.44. The summed E-state index contributed by atoms with van der Waals surface area (Å²) >= 11 is 0. The molecule has 4 saturated heterocycles. The van der Waals surface area contributed by atoms with Gasteiger partial charge in [0.15, 0.2) is 24.8 Å². The second kappa shape index (κ2) is 22.4. The number of hydrogen-bond donors (Lipinski definition) is 1. The molecule has 0 aliphatic carbocycles. The van der Waals surface area contributed by atoms with Crippen molar-refractivity contribution in [3.05, 3.63) is 12.2 Å². The lowest BCUT2D eigenvalue weighted by atomic mass is 9.73. The monoisotopic (exact) mass is 927 g/mol. The van der Waals surface area contributed by atoms with E-state index in [4.69, 9.17) is 52.2 Å². The molecule has 4 heterocycles. The quantitative estimate of drug-likeness (QED) is 0.102. The number of rotatable bonds is 10. The predicted octanol–water partition coefficient (Wildman–Crippen LogP) is 4.90. The summed E-state index contributed by atoms with van der Waals surface area (Å²) in [6.45, 7) is 26.1. The number of cyclic esters (lactones) is 1. The molecule has 0 saturated carbocycles. The van der Waals surface area contributed by atoms with Crippen LogP contribution in [-0.2, 0) is 71.4 Å². The molecule has 2 bridgehead atoms. The van der Waals surface area contributed by atoms with Gasteiger partial charge in [0, 0.05) is 52.1 Å². The molecule has 65 heavy (non-hydrogen) atoms. The zero-order valence-corrected chi connectivity index (χ0v) is 41.6. The van der Waals surface area contributed by atoms with Crippen molar-refractivity contribution >= 4 is 29.6 Å². The van der Waals surface area contributed by atoms with E-state index in [1.54, 1.807) is 34.6 Å². The van der Waals surface area contributed by atoms with Crippen molar-refractivity contribution in [2.75, 3.05) is 34.4 Å². The van der Waals surface area contributed by atoms with Gasteiger partial charge in [-0.05, 0) is 80.5 Å². The molecule has 0 radical (unpaired) electrons. The van der Waals surface area contributed by atoms with Gasteiger partial charge in [-0.15, -0.1) is 0 Å². The van der Waals surface area contributed by atoms with E-state index in [1.807, 2.05) is 53.6 Å². The number of nitrogens with zero attached hydrogens (tertiary/aromatic N) is 2. The van der Waals surface area contributed by atoms with Gasteiger partial charge in [-0.2, -0.15) is 0 Å². The Balaban J connectivity index is 2.03. The molecule has 4 aliphatic rings. The lowest BCUT2D eigenvalue weighted by Gasteiger charge is -2.50. The van der Waals surface area contributed by atoms with Crippen molar-refractivity contribution in [1.82, 2.24) is 4.90 Å². The van der Waals surface area contributed by atoms with E-state index >= 15 is 0 Å². The topological polar surface area (TPSA) is 206 Å². The van der Waals surface area contributed by atoms with Gasteiger partial charge in [-0.1, -0.05) is 39.4 Å². The lowest BCUT2D eigenvalue weighted by molar-refractivity contribution is -0.321. The van der Waals surface area contributed by atoms with Crippen LogP contribution in [-0.4, -0.2) is 158 Å². The minimum absolute atomic E-state index is 0.0220. The van der Waals surface area contributed by atoms with Crippen molar-refractivity contribution in [2.45, 2.75) is 200 Å². The molecule has 372 valence electrons. The van der Waals surface area contributed by atoms with Crippen LogP contribution in [0.1, 0.15) is 116 Å². The largest absolute Gasteiger partial charge is 0.459 e. The van der Waals surface area contributed by atoms with Crippen LogP contribution in [0.3, 0.4) is 0 Å².